The van der Waals surface area contributed by atoms with Crippen LogP contribution in [-0.2, 0) is 6.61 Å². The number of carbonyl (C=O) groups excluding carboxylic acids is 1. The summed E-state index contributed by atoms with van der Waals surface area (Å²) in [4.78, 5) is 18.3. The highest BCUT2D eigenvalue weighted by molar-refractivity contribution is 7.13. The predicted molar refractivity (Wildman–Crippen MR) is 111 cm³/mol. The second-order valence-corrected chi connectivity index (χ2v) is 7.83. The molecule has 28 heavy (non-hydrogen) atoms. The molecule has 0 radical (unpaired) electrons. The van der Waals surface area contributed by atoms with Gasteiger partial charge >= 0.3 is 0 Å². The van der Waals surface area contributed by atoms with Gasteiger partial charge in [-0.15, -0.1) is 11.3 Å². The first-order valence-corrected chi connectivity index (χ1v) is 10.0. The van der Waals surface area contributed by atoms with Gasteiger partial charge in [0.1, 0.15) is 28.9 Å². The molecule has 0 fully saturated rings. The van der Waals surface area contributed by atoms with Crippen molar-refractivity contribution in [2.24, 2.45) is 0 Å². The number of halogens is 2. The topological polar surface area (TPSA) is 42.4 Å². The number of aromatic nitrogens is 1. The molecule has 0 saturated heterocycles. The number of benzene rings is 2. The summed E-state index contributed by atoms with van der Waals surface area (Å²) in [6.45, 7) is 4.09. The Balaban J connectivity index is 1.74. The van der Waals surface area contributed by atoms with Gasteiger partial charge in [0.25, 0.3) is 5.91 Å². The lowest BCUT2D eigenvalue weighted by Crippen LogP contribution is -2.33. The molecule has 3 rings (SSSR count). The van der Waals surface area contributed by atoms with Crippen LogP contribution in [0.25, 0.3) is 10.6 Å². The van der Waals surface area contributed by atoms with Gasteiger partial charge in [0.2, 0.25) is 0 Å². The van der Waals surface area contributed by atoms with E-state index >= 15 is 0 Å². The zero-order valence-corrected chi connectivity index (χ0v) is 17.4. The summed E-state index contributed by atoms with van der Waals surface area (Å²) in [5, 5.41) is 2.71. The zero-order valence-electron chi connectivity index (χ0n) is 15.8. The third kappa shape index (κ3) is 4.51. The van der Waals surface area contributed by atoms with E-state index in [9.17, 15) is 9.18 Å². The van der Waals surface area contributed by atoms with Gasteiger partial charge in [0, 0.05) is 40.7 Å². The minimum absolute atomic E-state index is 0.0592. The van der Waals surface area contributed by atoms with Gasteiger partial charge in [-0.3, -0.25) is 4.79 Å². The fraction of sp³-hybridized carbons (Fsp3) is 0.238. The van der Waals surface area contributed by atoms with Crippen LogP contribution in [0.3, 0.4) is 0 Å². The Kier molecular flexibility index (Phi) is 6.31. The fourth-order valence-electron chi connectivity index (χ4n) is 2.45. The Labute approximate surface area is 172 Å². The minimum atomic E-state index is -0.456. The van der Waals surface area contributed by atoms with E-state index in [0.29, 0.717) is 27.0 Å². The van der Waals surface area contributed by atoms with Crippen LogP contribution in [-0.4, -0.2) is 28.9 Å². The molecule has 0 bridgehead atoms. The molecule has 0 aliphatic heterocycles. The maximum Gasteiger partial charge on any atom is 0.273 e. The third-order valence-electron chi connectivity index (χ3n) is 4.34. The minimum Gasteiger partial charge on any atom is -0.489 e. The SMILES string of the molecule is CC(C)N(C)C(=O)c1csc(-c2ccc(OCc3ccccc3Cl)cc2F)n1. The second kappa shape index (κ2) is 8.71. The summed E-state index contributed by atoms with van der Waals surface area (Å²) in [5.41, 5.74) is 1.47. The van der Waals surface area contributed by atoms with Crippen molar-refractivity contribution in [2.45, 2.75) is 26.5 Å². The molecule has 7 heteroatoms. The lowest BCUT2D eigenvalue weighted by atomic mass is 10.2. The molecule has 0 atom stereocenters. The molecule has 4 nitrogen and oxygen atoms in total. The number of hydrogen-bond donors (Lipinski definition) is 0. The molecule has 0 aliphatic carbocycles. The van der Waals surface area contributed by atoms with Crippen molar-refractivity contribution in [1.29, 1.82) is 0 Å². The van der Waals surface area contributed by atoms with Crippen LogP contribution in [0.1, 0.15) is 29.9 Å². The zero-order chi connectivity index (χ0) is 20.3. The van der Waals surface area contributed by atoms with E-state index in [2.05, 4.69) is 4.98 Å². The van der Waals surface area contributed by atoms with Crippen molar-refractivity contribution in [3.63, 3.8) is 0 Å². The molecule has 0 spiro atoms. The number of nitrogens with zero attached hydrogens (tertiary/aromatic N) is 2. The van der Waals surface area contributed by atoms with Crippen LogP contribution < -0.4 is 4.74 Å². The van der Waals surface area contributed by atoms with Crippen LogP contribution in [0, 0.1) is 5.82 Å². The fourth-order valence-corrected chi connectivity index (χ4v) is 3.46. The van der Waals surface area contributed by atoms with E-state index in [1.807, 2.05) is 32.0 Å². The second-order valence-electron chi connectivity index (χ2n) is 6.57. The molecule has 1 amide bonds. The largest absolute Gasteiger partial charge is 0.489 e. The highest BCUT2D eigenvalue weighted by atomic mass is 35.5. The Morgan fingerprint density at radius 2 is 2.04 bits per heavy atom. The van der Waals surface area contributed by atoms with Crippen molar-refractivity contribution in [1.82, 2.24) is 9.88 Å². The quantitative estimate of drug-likeness (QED) is 0.518. The molecule has 1 aromatic heterocycles. The van der Waals surface area contributed by atoms with Gasteiger partial charge in [-0.1, -0.05) is 29.8 Å². The average Bonchev–Trinajstić information content (AvgIpc) is 3.16. The van der Waals surface area contributed by atoms with Crippen LogP contribution >= 0.6 is 22.9 Å². The summed E-state index contributed by atoms with van der Waals surface area (Å²) in [6, 6.07) is 12.0. The summed E-state index contributed by atoms with van der Waals surface area (Å²) in [7, 11) is 1.72. The number of rotatable bonds is 6. The first-order valence-electron chi connectivity index (χ1n) is 8.75. The Hall–Kier alpha value is -2.44. The van der Waals surface area contributed by atoms with E-state index in [4.69, 9.17) is 16.3 Å². The van der Waals surface area contributed by atoms with Crippen molar-refractivity contribution < 1.29 is 13.9 Å². The molecule has 2 aromatic carbocycles. The number of carbonyl (C=O) groups is 1. The molecule has 0 saturated carbocycles. The van der Waals surface area contributed by atoms with E-state index < -0.39 is 5.82 Å². The van der Waals surface area contributed by atoms with Crippen molar-refractivity contribution >= 4 is 28.8 Å². The predicted octanol–water partition coefficient (Wildman–Crippen LogP) is 5.66. The Morgan fingerprint density at radius 3 is 2.71 bits per heavy atom. The smallest absolute Gasteiger partial charge is 0.273 e. The average molecular weight is 419 g/mol. The maximum atomic E-state index is 14.6. The van der Waals surface area contributed by atoms with E-state index in [0.717, 1.165) is 5.56 Å². The molecular weight excluding hydrogens is 399 g/mol. The highest BCUT2D eigenvalue weighted by Gasteiger charge is 2.19. The number of ether oxygens (including phenoxy) is 1. The standard InChI is InChI=1S/C21H20ClFN2O2S/c1-13(2)25(3)21(26)19-12-28-20(24-19)16-9-8-15(10-18(16)23)27-11-14-6-4-5-7-17(14)22/h4-10,12-13H,11H2,1-3H3. The normalized spacial score (nSPS) is 10.9. The highest BCUT2D eigenvalue weighted by Crippen LogP contribution is 2.30. The molecular formula is C21H20ClFN2O2S. The van der Waals surface area contributed by atoms with Crippen LogP contribution in [0.4, 0.5) is 4.39 Å². The lowest BCUT2D eigenvalue weighted by molar-refractivity contribution is 0.0750. The number of thiazole rings is 1. The van der Waals surface area contributed by atoms with Crippen molar-refractivity contribution in [2.75, 3.05) is 7.05 Å². The van der Waals surface area contributed by atoms with Gasteiger partial charge < -0.3 is 9.64 Å². The van der Waals surface area contributed by atoms with E-state index in [1.165, 1.54) is 17.4 Å². The first-order chi connectivity index (χ1) is 13.4. The van der Waals surface area contributed by atoms with Crippen molar-refractivity contribution in [3.05, 3.63) is 69.9 Å². The van der Waals surface area contributed by atoms with Gasteiger partial charge in [0.15, 0.2) is 0 Å². The van der Waals surface area contributed by atoms with Crippen molar-refractivity contribution in [3.8, 4) is 16.3 Å². The summed E-state index contributed by atoms with van der Waals surface area (Å²) in [5.74, 6) is -0.242. The van der Waals surface area contributed by atoms with Crippen LogP contribution in [0.5, 0.6) is 5.75 Å². The van der Waals surface area contributed by atoms with Gasteiger partial charge in [0.05, 0.1) is 0 Å². The number of hydrogen-bond acceptors (Lipinski definition) is 4. The molecule has 0 aliphatic rings. The molecule has 1 heterocycles. The number of amides is 1. The lowest BCUT2D eigenvalue weighted by Gasteiger charge is -2.20. The van der Waals surface area contributed by atoms with E-state index in [1.54, 1.807) is 35.5 Å². The van der Waals surface area contributed by atoms with Gasteiger partial charge in [-0.25, -0.2) is 9.37 Å². The van der Waals surface area contributed by atoms with Gasteiger partial charge in [-0.2, -0.15) is 0 Å². The third-order valence-corrected chi connectivity index (χ3v) is 5.59. The monoisotopic (exact) mass is 418 g/mol. The molecule has 146 valence electrons. The maximum absolute atomic E-state index is 14.6. The summed E-state index contributed by atoms with van der Waals surface area (Å²) < 4.78 is 20.2. The van der Waals surface area contributed by atoms with Crippen LogP contribution in [0.2, 0.25) is 5.02 Å². The van der Waals surface area contributed by atoms with E-state index in [-0.39, 0.29) is 18.6 Å². The van der Waals surface area contributed by atoms with Crippen LogP contribution in [0.15, 0.2) is 47.8 Å². The van der Waals surface area contributed by atoms with Gasteiger partial charge in [-0.05, 0) is 32.0 Å². The summed E-state index contributed by atoms with van der Waals surface area (Å²) in [6.07, 6.45) is 0. The first kappa shape index (κ1) is 20.3. The Bertz CT molecular complexity index is 990. The summed E-state index contributed by atoms with van der Waals surface area (Å²) >= 11 is 7.34. The molecule has 3 aromatic rings. The Morgan fingerprint density at radius 1 is 1.29 bits per heavy atom. The molecule has 0 N–H and O–H groups in total. The molecule has 0 unspecified atom stereocenters.